The zero-order chi connectivity index (χ0) is 10.8. The van der Waals surface area contributed by atoms with Crippen molar-refractivity contribution in [2.24, 2.45) is 0 Å². The van der Waals surface area contributed by atoms with Crippen LogP contribution in [0.4, 0.5) is 9.18 Å². The molecule has 1 heterocycles. The van der Waals surface area contributed by atoms with E-state index in [0.29, 0.717) is 19.5 Å². The molecule has 4 heteroatoms. The van der Waals surface area contributed by atoms with E-state index in [1.807, 2.05) is 18.2 Å². The summed E-state index contributed by atoms with van der Waals surface area (Å²) in [5, 5.41) is 0. The number of halogens is 1. The number of benzene rings is 1. The summed E-state index contributed by atoms with van der Waals surface area (Å²) in [6, 6.07) is 5.64. The SMILES string of the molecule is COc1ccc2c(c1)CCN(C(=O)F)C2. The van der Waals surface area contributed by atoms with Crippen LogP contribution in [0, 0.1) is 0 Å². The molecule has 0 aromatic heterocycles. The molecule has 0 N–H and O–H groups in total. The number of hydrogen-bond acceptors (Lipinski definition) is 2. The molecule has 0 bridgehead atoms. The molecule has 0 fully saturated rings. The number of ether oxygens (including phenoxy) is 1. The maximum absolute atomic E-state index is 12.5. The van der Waals surface area contributed by atoms with Gasteiger partial charge in [0.25, 0.3) is 0 Å². The van der Waals surface area contributed by atoms with Crippen LogP contribution < -0.4 is 4.74 Å². The van der Waals surface area contributed by atoms with Crippen LogP contribution >= 0.6 is 0 Å². The molecule has 80 valence electrons. The summed E-state index contributed by atoms with van der Waals surface area (Å²) in [6.07, 6.45) is -0.668. The molecule has 15 heavy (non-hydrogen) atoms. The quantitative estimate of drug-likeness (QED) is 0.524. The molecule has 0 radical (unpaired) electrons. The van der Waals surface area contributed by atoms with Gasteiger partial charge in [0.1, 0.15) is 5.75 Å². The second-order valence-corrected chi connectivity index (χ2v) is 3.56. The average molecular weight is 209 g/mol. The van der Waals surface area contributed by atoms with Crippen molar-refractivity contribution in [3.63, 3.8) is 0 Å². The molecule has 0 saturated heterocycles. The molecule has 3 nitrogen and oxygen atoms in total. The minimum absolute atomic E-state index is 0.356. The van der Waals surface area contributed by atoms with Gasteiger partial charge in [0.2, 0.25) is 0 Å². The highest BCUT2D eigenvalue weighted by atomic mass is 19.1. The van der Waals surface area contributed by atoms with E-state index in [2.05, 4.69) is 0 Å². The molecule has 1 amide bonds. The standard InChI is InChI=1S/C11H12FNO2/c1-15-10-3-2-9-7-13(11(12)14)5-4-8(9)6-10/h2-3,6H,4-5,7H2,1H3. The predicted molar refractivity (Wildman–Crippen MR) is 53.6 cm³/mol. The Morgan fingerprint density at radius 2 is 2.27 bits per heavy atom. The van der Waals surface area contributed by atoms with E-state index in [-0.39, 0.29) is 0 Å². The number of rotatable bonds is 1. The largest absolute Gasteiger partial charge is 0.497 e. The normalized spacial score (nSPS) is 14.7. The minimum atomic E-state index is -1.35. The number of carbonyl (C=O) groups is 1. The fraction of sp³-hybridized carbons (Fsp3) is 0.364. The fourth-order valence-corrected chi connectivity index (χ4v) is 1.81. The van der Waals surface area contributed by atoms with E-state index < -0.39 is 6.16 Å². The van der Waals surface area contributed by atoms with E-state index in [9.17, 15) is 9.18 Å². The van der Waals surface area contributed by atoms with Gasteiger partial charge < -0.3 is 9.64 Å². The Bertz CT molecular complexity index is 392. The third-order valence-corrected chi connectivity index (χ3v) is 2.67. The highest BCUT2D eigenvalue weighted by Gasteiger charge is 2.20. The molecule has 0 atom stereocenters. The number of hydrogen-bond donors (Lipinski definition) is 0. The van der Waals surface area contributed by atoms with Crippen molar-refractivity contribution in [1.29, 1.82) is 0 Å². The van der Waals surface area contributed by atoms with Crippen LogP contribution in [-0.4, -0.2) is 24.7 Å². The lowest BCUT2D eigenvalue weighted by atomic mass is 10.00. The molecule has 1 aliphatic heterocycles. The van der Waals surface area contributed by atoms with Gasteiger partial charge in [-0.1, -0.05) is 6.07 Å². The van der Waals surface area contributed by atoms with Crippen molar-refractivity contribution in [2.75, 3.05) is 13.7 Å². The zero-order valence-corrected chi connectivity index (χ0v) is 8.50. The van der Waals surface area contributed by atoms with Crippen molar-refractivity contribution < 1.29 is 13.9 Å². The van der Waals surface area contributed by atoms with Crippen LogP contribution in [0.1, 0.15) is 11.1 Å². The minimum Gasteiger partial charge on any atom is -0.497 e. The first-order chi connectivity index (χ1) is 7.20. The zero-order valence-electron chi connectivity index (χ0n) is 8.50. The molecular formula is C11H12FNO2. The Labute approximate surface area is 87.5 Å². The second-order valence-electron chi connectivity index (χ2n) is 3.56. The molecule has 0 spiro atoms. The Morgan fingerprint density at radius 3 is 2.93 bits per heavy atom. The van der Waals surface area contributed by atoms with Gasteiger partial charge in [0, 0.05) is 13.1 Å². The third-order valence-electron chi connectivity index (χ3n) is 2.67. The lowest BCUT2D eigenvalue weighted by Crippen LogP contribution is -2.32. The van der Waals surface area contributed by atoms with Crippen molar-refractivity contribution in [2.45, 2.75) is 13.0 Å². The molecule has 1 aromatic carbocycles. The van der Waals surface area contributed by atoms with Crippen molar-refractivity contribution >= 4 is 6.16 Å². The molecule has 0 saturated carbocycles. The summed E-state index contributed by atoms with van der Waals surface area (Å²) in [7, 11) is 1.61. The van der Waals surface area contributed by atoms with Gasteiger partial charge in [-0.3, -0.25) is 0 Å². The summed E-state index contributed by atoms with van der Waals surface area (Å²) in [5.74, 6) is 0.800. The first-order valence-corrected chi connectivity index (χ1v) is 4.81. The first-order valence-electron chi connectivity index (χ1n) is 4.81. The smallest absolute Gasteiger partial charge is 0.400 e. The van der Waals surface area contributed by atoms with Gasteiger partial charge in [-0.05, 0) is 29.7 Å². The molecule has 0 unspecified atom stereocenters. The van der Waals surface area contributed by atoms with E-state index in [1.165, 1.54) is 4.90 Å². The van der Waals surface area contributed by atoms with Gasteiger partial charge in [-0.2, -0.15) is 0 Å². The maximum atomic E-state index is 12.5. The highest BCUT2D eigenvalue weighted by molar-refractivity contribution is 5.66. The maximum Gasteiger partial charge on any atom is 0.400 e. The highest BCUT2D eigenvalue weighted by Crippen LogP contribution is 2.23. The summed E-state index contributed by atoms with van der Waals surface area (Å²) < 4.78 is 17.6. The van der Waals surface area contributed by atoms with Gasteiger partial charge in [0.15, 0.2) is 0 Å². The second kappa shape index (κ2) is 3.88. The molecule has 1 aliphatic rings. The molecule has 0 aliphatic carbocycles. The van der Waals surface area contributed by atoms with Gasteiger partial charge in [-0.25, -0.2) is 4.79 Å². The number of nitrogens with zero attached hydrogens (tertiary/aromatic N) is 1. The summed E-state index contributed by atoms with van der Waals surface area (Å²) in [4.78, 5) is 11.8. The van der Waals surface area contributed by atoms with Crippen molar-refractivity contribution in [3.05, 3.63) is 29.3 Å². The van der Waals surface area contributed by atoms with Crippen LogP contribution in [0.15, 0.2) is 18.2 Å². The fourth-order valence-electron chi connectivity index (χ4n) is 1.81. The van der Waals surface area contributed by atoms with Gasteiger partial charge in [0.05, 0.1) is 7.11 Å². The number of methoxy groups -OCH3 is 1. The lowest BCUT2D eigenvalue weighted by Gasteiger charge is -2.26. The Morgan fingerprint density at radius 1 is 1.47 bits per heavy atom. The summed E-state index contributed by atoms with van der Waals surface area (Å²) >= 11 is 0. The predicted octanol–water partition coefficient (Wildman–Crippen LogP) is 2.14. The van der Waals surface area contributed by atoms with E-state index in [4.69, 9.17) is 4.74 Å². The Balaban J connectivity index is 2.24. The van der Waals surface area contributed by atoms with E-state index >= 15 is 0 Å². The van der Waals surface area contributed by atoms with E-state index in [0.717, 1.165) is 16.9 Å². The average Bonchev–Trinajstić information content (AvgIpc) is 2.27. The lowest BCUT2D eigenvalue weighted by molar-refractivity contribution is 0.169. The van der Waals surface area contributed by atoms with Crippen LogP contribution in [0.3, 0.4) is 0 Å². The topological polar surface area (TPSA) is 29.5 Å². The number of fused-ring (bicyclic) bond motifs is 1. The Kier molecular flexibility index (Phi) is 2.58. The summed E-state index contributed by atoms with van der Waals surface area (Å²) in [5.41, 5.74) is 2.12. The molecule has 2 rings (SSSR count). The van der Waals surface area contributed by atoms with Crippen LogP contribution in [0.5, 0.6) is 5.75 Å². The van der Waals surface area contributed by atoms with Gasteiger partial charge >= 0.3 is 6.16 Å². The van der Waals surface area contributed by atoms with Crippen LogP contribution in [0.25, 0.3) is 0 Å². The van der Waals surface area contributed by atoms with Crippen LogP contribution in [-0.2, 0) is 13.0 Å². The van der Waals surface area contributed by atoms with Crippen molar-refractivity contribution in [3.8, 4) is 5.75 Å². The van der Waals surface area contributed by atoms with E-state index in [1.54, 1.807) is 7.11 Å². The van der Waals surface area contributed by atoms with Crippen LogP contribution in [0.2, 0.25) is 0 Å². The monoisotopic (exact) mass is 209 g/mol. The number of carbonyl (C=O) groups excluding carboxylic acids is 1. The third kappa shape index (κ3) is 1.93. The number of amides is 1. The summed E-state index contributed by atoms with van der Waals surface area (Å²) in [6.45, 7) is 0.796. The first kappa shape index (κ1) is 9.96. The van der Waals surface area contributed by atoms with Gasteiger partial charge in [-0.15, -0.1) is 4.39 Å². The van der Waals surface area contributed by atoms with Crippen molar-refractivity contribution in [1.82, 2.24) is 4.90 Å². The Hall–Kier alpha value is -1.58. The molecule has 1 aromatic rings. The molecular weight excluding hydrogens is 197 g/mol.